The smallest absolute Gasteiger partial charge is 0.229 e. The van der Waals surface area contributed by atoms with Crippen molar-refractivity contribution in [2.24, 2.45) is 5.41 Å². The minimum absolute atomic E-state index is 0.124. The van der Waals surface area contributed by atoms with Gasteiger partial charge < -0.3 is 5.32 Å². The number of rotatable bonds is 0. The second kappa shape index (κ2) is 3.08. The molecule has 0 atom stereocenters. The molecule has 1 aliphatic heterocycles. The van der Waals surface area contributed by atoms with E-state index in [4.69, 9.17) is 0 Å². The molecule has 2 aliphatic rings. The fraction of sp³-hybridized carbons (Fsp3) is 0.235. The molecule has 1 fully saturated rings. The number of amides is 1. The number of hydrogen-bond acceptors (Lipinski definition) is 1. The maximum atomic E-state index is 12.0. The summed E-state index contributed by atoms with van der Waals surface area (Å²) in [7, 11) is 0. The van der Waals surface area contributed by atoms with Crippen LogP contribution in [0.2, 0.25) is 0 Å². The maximum absolute atomic E-state index is 12.0. The van der Waals surface area contributed by atoms with Crippen LogP contribution in [0, 0.1) is 5.41 Å². The minimum Gasteiger partial charge on any atom is -0.341 e. The zero-order valence-corrected chi connectivity index (χ0v) is 11.0. The first-order chi connectivity index (χ1) is 9.09. The van der Waals surface area contributed by atoms with Crippen molar-refractivity contribution >= 4 is 5.91 Å². The lowest BCUT2D eigenvalue weighted by Crippen LogP contribution is -2.71. The van der Waals surface area contributed by atoms with Gasteiger partial charge in [0.2, 0.25) is 5.91 Å². The molecule has 2 aromatic carbocycles. The summed E-state index contributed by atoms with van der Waals surface area (Å²) in [5.41, 5.74) is 4.17. The van der Waals surface area contributed by atoms with Crippen molar-refractivity contribution in [3.05, 3.63) is 59.7 Å². The van der Waals surface area contributed by atoms with E-state index in [2.05, 4.69) is 41.7 Å². The lowest BCUT2D eigenvalue weighted by Gasteiger charge is -2.54. The topological polar surface area (TPSA) is 29.1 Å². The van der Waals surface area contributed by atoms with Crippen LogP contribution in [0.25, 0.3) is 11.1 Å². The molecule has 19 heavy (non-hydrogen) atoms. The third-order valence-corrected chi connectivity index (χ3v) is 4.76. The van der Waals surface area contributed by atoms with Gasteiger partial charge in [0.1, 0.15) is 5.54 Å². The van der Waals surface area contributed by atoms with E-state index in [9.17, 15) is 4.79 Å². The van der Waals surface area contributed by atoms with Gasteiger partial charge in [0.25, 0.3) is 0 Å². The highest BCUT2D eigenvalue weighted by Crippen LogP contribution is 2.59. The molecule has 1 aliphatic carbocycles. The molecule has 1 saturated heterocycles. The molecule has 1 amide bonds. The quantitative estimate of drug-likeness (QED) is 0.714. The number of nitrogens with one attached hydrogen (secondary N) is 1. The van der Waals surface area contributed by atoms with E-state index in [1.54, 1.807) is 0 Å². The number of benzene rings is 2. The van der Waals surface area contributed by atoms with Crippen molar-refractivity contribution in [1.82, 2.24) is 5.32 Å². The number of β-lactam (4-membered cyclic amide) rings is 1. The standard InChI is InChI=1S/C17H15NO/c1-16(2)15(19)18-17(16)13-9-5-3-7-11(13)12-8-4-6-10-14(12)17/h3-10H,1-2H3,(H,18,19). The maximum Gasteiger partial charge on any atom is 0.229 e. The molecule has 2 nitrogen and oxygen atoms in total. The van der Waals surface area contributed by atoms with Crippen LogP contribution in [0.4, 0.5) is 0 Å². The van der Waals surface area contributed by atoms with Crippen LogP contribution in [0.1, 0.15) is 25.0 Å². The Morgan fingerprint density at radius 2 is 1.32 bits per heavy atom. The van der Waals surface area contributed by atoms with Crippen molar-refractivity contribution in [3.8, 4) is 11.1 Å². The van der Waals surface area contributed by atoms with E-state index in [1.165, 1.54) is 22.3 Å². The van der Waals surface area contributed by atoms with Crippen LogP contribution in [0.3, 0.4) is 0 Å². The average molecular weight is 249 g/mol. The highest BCUT2D eigenvalue weighted by molar-refractivity contribution is 5.98. The molecular weight excluding hydrogens is 234 g/mol. The second-order valence-corrected chi connectivity index (χ2v) is 5.92. The van der Waals surface area contributed by atoms with Crippen LogP contribution < -0.4 is 5.32 Å². The Labute approximate surface area is 112 Å². The van der Waals surface area contributed by atoms with E-state index in [1.807, 2.05) is 26.0 Å². The highest BCUT2D eigenvalue weighted by Gasteiger charge is 2.65. The molecule has 0 aromatic heterocycles. The third kappa shape index (κ3) is 0.985. The summed E-state index contributed by atoms with van der Waals surface area (Å²) in [4.78, 5) is 12.0. The molecule has 0 bridgehead atoms. The van der Waals surface area contributed by atoms with Crippen LogP contribution in [-0.4, -0.2) is 5.91 Å². The molecule has 0 saturated carbocycles. The first kappa shape index (κ1) is 10.8. The Hall–Kier alpha value is -2.09. The van der Waals surface area contributed by atoms with Gasteiger partial charge in [-0.2, -0.15) is 0 Å². The molecule has 94 valence electrons. The molecule has 1 N–H and O–H groups in total. The van der Waals surface area contributed by atoms with Gasteiger partial charge >= 0.3 is 0 Å². The van der Waals surface area contributed by atoms with Gasteiger partial charge in [0, 0.05) is 0 Å². The highest BCUT2D eigenvalue weighted by atomic mass is 16.2. The molecule has 0 radical (unpaired) electrons. The normalized spacial score (nSPS) is 20.4. The van der Waals surface area contributed by atoms with E-state index < -0.39 is 5.41 Å². The Bertz CT molecular complexity index is 669. The van der Waals surface area contributed by atoms with Crippen molar-refractivity contribution in [2.75, 3.05) is 0 Å². The van der Waals surface area contributed by atoms with Gasteiger partial charge in [0.05, 0.1) is 5.41 Å². The summed E-state index contributed by atoms with van der Waals surface area (Å²) >= 11 is 0. The van der Waals surface area contributed by atoms with Crippen LogP contribution in [-0.2, 0) is 10.3 Å². The predicted molar refractivity (Wildman–Crippen MR) is 74.6 cm³/mol. The second-order valence-electron chi connectivity index (χ2n) is 5.92. The lowest BCUT2D eigenvalue weighted by atomic mass is 9.60. The van der Waals surface area contributed by atoms with Crippen molar-refractivity contribution < 1.29 is 4.79 Å². The van der Waals surface area contributed by atoms with Crippen molar-refractivity contribution in [1.29, 1.82) is 0 Å². The van der Waals surface area contributed by atoms with Gasteiger partial charge in [-0.25, -0.2) is 0 Å². The number of carbonyl (C=O) groups excluding carboxylic acids is 1. The van der Waals surface area contributed by atoms with Crippen LogP contribution in [0.15, 0.2) is 48.5 Å². The number of carbonyl (C=O) groups is 1. The molecule has 4 rings (SSSR count). The molecular formula is C17H15NO. The van der Waals surface area contributed by atoms with E-state index in [0.29, 0.717) is 0 Å². The lowest BCUT2D eigenvalue weighted by molar-refractivity contribution is -0.149. The summed E-state index contributed by atoms with van der Waals surface area (Å²) in [5, 5.41) is 3.18. The molecule has 2 aromatic rings. The largest absolute Gasteiger partial charge is 0.341 e. The summed E-state index contributed by atoms with van der Waals surface area (Å²) < 4.78 is 0. The van der Waals surface area contributed by atoms with Gasteiger partial charge in [0.15, 0.2) is 0 Å². The Kier molecular flexibility index (Phi) is 1.75. The van der Waals surface area contributed by atoms with E-state index in [-0.39, 0.29) is 11.4 Å². The van der Waals surface area contributed by atoms with Crippen molar-refractivity contribution in [3.63, 3.8) is 0 Å². The zero-order chi connectivity index (χ0) is 13.3. The molecule has 1 spiro atoms. The summed E-state index contributed by atoms with van der Waals surface area (Å²) in [6.07, 6.45) is 0. The Balaban J connectivity index is 2.11. The summed E-state index contributed by atoms with van der Waals surface area (Å²) in [5.74, 6) is 0.124. The first-order valence-electron chi connectivity index (χ1n) is 6.61. The Morgan fingerprint density at radius 3 is 1.74 bits per heavy atom. The Morgan fingerprint density at radius 1 is 0.842 bits per heavy atom. The van der Waals surface area contributed by atoms with Crippen molar-refractivity contribution in [2.45, 2.75) is 19.4 Å². The molecule has 2 heteroatoms. The predicted octanol–water partition coefficient (Wildman–Crippen LogP) is 3.07. The SMILES string of the molecule is CC1(C)C(=O)NC12c1ccccc1-c1ccccc12. The van der Waals surface area contributed by atoms with Gasteiger partial charge in [-0.1, -0.05) is 48.5 Å². The third-order valence-electron chi connectivity index (χ3n) is 4.76. The zero-order valence-electron chi connectivity index (χ0n) is 11.0. The fourth-order valence-corrected chi connectivity index (χ4v) is 3.63. The van der Waals surface area contributed by atoms with Gasteiger partial charge in [-0.3, -0.25) is 4.79 Å². The van der Waals surface area contributed by atoms with E-state index in [0.717, 1.165) is 0 Å². The number of fused-ring (bicyclic) bond motifs is 5. The van der Waals surface area contributed by atoms with Crippen LogP contribution in [0.5, 0.6) is 0 Å². The molecule has 1 heterocycles. The van der Waals surface area contributed by atoms with Gasteiger partial charge in [-0.05, 0) is 36.1 Å². The van der Waals surface area contributed by atoms with E-state index >= 15 is 0 Å². The fourth-order valence-electron chi connectivity index (χ4n) is 3.63. The summed E-state index contributed by atoms with van der Waals surface area (Å²) in [6, 6.07) is 16.8. The molecule has 0 unspecified atom stereocenters. The minimum atomic E-state index is -0.407. The van der Waals surface area contributed by atoms with Crippen LogP contribution >= 0.6 is 0 Å². The first-order valence-corrected chi connectivity index (χ1v) is 6.61. The number of hydrogen-bond donors (Lipinski definition) is 1. The summed E-state index contributed by atoms with van der Waals surface area (Å²) in [6.45, 7) is 4.06. The monoisotopic (exact) mass is 249 g/mol. The van der Waals surface area contributed by atoms with Gasteiger partial charge in [-0.15, -0.1) is 0 Å². The average Bonchev–Trinajstić information content (AvgIpc) is 2.73.